The van der Waals surface area contributed by atoms with Crippen molar-refractivity contribution < 1.29 is 14.2 Å². The van der Waals surface area contributed by atoms with E-state index in [2.05, 4.69) is 20.9 Å². The van der Waals surface area contributed by atoms with Gasteiger partial charge < -0.3 is 14.7 Å². The van der Waals surface area contributed by atoms with Crippen molar-refractivity contribution in [2.75, 3.05) is 39.1 Å². The number of rotatable bonds is 11. The highest BCUT2D eigenvalue weighted by molar-refractivity contribution is 7.99. The van der Waals surface area contributed by atoms with Gasteiger partial charge in [-0.1, -0.05) is 0 Å². The number of hydrogen-bond donors (Lipinski definition) is 1. The molecule has 0 radical (unpaired) electrons. The second-order valence-corrected chi connectivity index (χ2v) is 10.2. The number of benzene rings is 1. The van der Waals surface area contributed by atoms with Crippen LogP contribution in [0.1, 0.15) is 37.4 Å². The van der Waals surface area contributed by atoms with Crippen LogP contribution in [0.25, 0.3) is 10.9 Å². The smallest absolute Gasteiger partial charge is 0.126 e. The number of alkyl halides is 1. The van der Waals surface area contributed by atoms with E-state index in [0.29, 0.717) is 23.7 Å². The Kier molecular flexibility index (Phi) is 9.13. The third-order valence-electron chi connectivity index (χ3n) is 6.84. The third kappa shape index (κ3) is 6.46. The van der Waals surface area contributed by atoms with E-state index in [1.165, 1.54) is 4.90 Å². The summed E-state index contributed by atoms with van der Waals surface area (Å²) in [7, 11) is 1.62. The molecule has 1 aromatic carbocycles. The fourth-order valence-electron chi connectivity index (χ4n) is 4.92. The van der Waals surface area contributed by atoms with E-state index in [4.69, 9.17) is 4.74 Å². The average molecular weight is 484 g/mol. The van der Waals surface area contributed by atoms with Crippen LogP contribution in [0, 0.1) is 11.8 Å². The van der Waals surface area contributed by atoms with Gasteiger partial charge in [-0.05, 0) is 98.3 Å². The number of fused-ring (bicyclic) bond motifs is 1. The average Bonchev–Trinajstić information content (AvgIpc) is 2.89. The van der Waals surface area contributed by atoms with E-state index in [9.17, 15) is 5.11 Å². The van der Waals surface area contributed by atoms with Gasteiger partial charge in [0.1, 0.15) is 11.9 Å². The van der Waals surface area contributed by atoms with Crippen molar-refractivity contribution in [2.24, 2.45) is 11.8 Å². The lowest BCUT2D eigenvalue weighted by molar-refractivity contribution is 0.0640. The summed E-state index contributed by atoms with van der Waals surface area (Å²) in [5.74, 6) is 2.33. The molecule has 0 bridgehead atoms. The van der Waals surface area contributed by atoms with E-state index in [0.717, 1.165) is 55.6 Å². The lowest BCUT2D eigenvalue weighted by atomic mass is 9.81. The Labute approximate surface area is 205 Å². The van der Waals surface area contributed by atoms with Crippen molar-refractivity contribution in [3.05, 3.63) is 60.6 Å². The number of piperidine rings is 1. The fraction of sp³-hybridized carbons (Fsp3) is 0.481. The zero-order valence-electron chi connectivity index (χ0n) is 19.8. The Morgan fingerprint density at radius 3 is 2.94 bits per heavy atom. The van der Waals surface area contributed by atoms with Gasteiger partial charge in [-0.15, -0.1) is 11.8 Å². The molecular formula is C27H34FN3O2S. The van der Waals surface area contributed by atoms with Gasteiger partial charge in [-0.2, -0.15) is 0 Å². The van der Waals surface area contributed by atoms with Gasteiger partial charge in [0.05, 0.1) is 12.6 Å². The molecule has 7 heteroatoms. The van der Waals surface area contributed by atoms with E-state index in [1.807, 2.05) is 42.2 Å². The zero-order valence-corrected chi connectivity index (χ0v) is 20.6. The van der Waals surface area contributed by atoms with Crippen molar-refractivity contribution in [3.8, 4) is 5.75 Å². The Balaban J connectivity index is 1.26. The first-order valence-corrected chi connectivity index (χ1v) is 13.1. The van der Waals surface area contributed by atoms with Crippen molar-refractivity contribution in [3.63, 3.8) is 0 Å². The summed E-state index contributed by atoms with van der Waals surface area (Å²) in [6.45, 7) is 3.11. The summed E-state index contributed by atoms with van der Waals surface area (Å²) < 4.78 is 20.7. The molecular weight excluding hydrogens is 449 g/mol. The molecule has 1 unspecified atom stereocenters. The number of thioether (sulfide) groups is 1. The molecule has 0 aliphatic carbocycles. The van der Waals surface area contributed by atoms with E-state index in [-0.39, 0.29) is 12.5 Å². The second-order valence-electron chi connectivity index (χ2n) is 9.01. The van der Waals surface area contributed by atoms with Gasteiger partial charge in [0, 0.05) is 42.0 Å². The molecule has 0 spiro atoms. The maximum atomic E-state index is 15.4. The SMILES string of the molecule is COc1ccc2nccc(C(F)CC[C@@H]3CCN(CCCSc4cccnc4)C[C@@H]3CO)c2c1. The number of methoxy groups -OCH3 is 1. The zero-order chi connectivity index (χ0) is 23.8. The minimum Gasteiger partial charge on any atom is -0.497 e. The van der Waals surface area contributed by atoms with Crippen molar-refractivity contribution in [1.82, 2.24) is 14.9 Å². The quantitative estimate of drug-likeness (QED) is 0.285. The molecule has 2 aromatic heterocycles. The van der Waals surface area contributed by atoms with E-state index < -0.39 is 6.17 Å². The third-order valence-corrected chi connectivity index (χ3v) is 7.91. The normalized spacial score (nSPS) is 19.9. The molecule has 1 N–H and O–H groups in total. The van der Waals surface area contributed by atoms with Crippen LogP contribution in [-0.4, -0.2) is 59.1 Å². The Morgan fingerprint density at radius 1 is 1.24 bits per heavy atom. The maximum absolute atomic E-state index is 15.4. The van der Waals surface area contributed by atoms with Crippen molar-refractivity contribution in [1.29, 1.82) is 0 Å². The standard InChI is InChI=1S/C27H34FN3O2S/c1-33-22-6-8-27-25(16-22)24(9-12-30-27)26(28)7-5-20-10-14-31(18-21(20)19-32)13-3-15-34-23-4-2-11-29-17-23/h2,4,6,8-9,11-12,16-17,20-21,26,32H,3,5,7,10,13-15,18-19H2,1H3/t20-,21-,26?/m1/s1. The summed E-state index contributed by atoms with van der Waals surface area (Å²) in [6.07, 6.45) is 7.68. The van der Waals surface area contributed by atoms with Gasteiger partial charge in [0.15, 0.2) is 0 Å². The molecule has 3 atom stereocenters. The Hall–Kier alpha value is -2.22. The molecule has 1 aliphatic rings. The number of likely N-dealkylation sites (tertiary alicyclic amines) is 1. The summed E-state index contributed by atoms with van der Waals surface area (Å²) in [4.78, 5) is 12.2. The van der Waals surface area contributed by atoms with Gasteiger partial charge in [0.2, 0.25) is 0 Å². The number of aliphatic hydroxyl groups is 1. The number of aliphatic hydroxyl groups excluding tert-OH is 1. The van der Waals surface area contributed by atoms with E-state index in [1.54, 1.807) is 25.6 Å². The molecule has 0 amide bonds. The van der Waals surface area contributed by atoms with Gasteiger partial charge in [-0.3, -0.25) is 9.97 Å². The van der Waals surface area contributed by atoms with Gasteiger partial charge in [-0.25, -0.2) is 4.39 Å². The molecule has 1 aliphatic heterocycles. The highest BCUT2D eigenvalue weighted by Gasteiger charge is 2.29. The lowest BCUT2D eigenvalue weighted by Crippen LogP contribution is -2.42. The summed E-state index contributed by atoms with van der Waals surface area (Å²) in [5.41, 5.74) is 1.46. The molecule has 1 fully saturated rings. The second kappa shape index (κ2) is 12.5. The highest BCUT2D eigenvalue weighted by Crippen LogP contribution is 2.35. The molecule has 1 saturated heterocycles. The topological polar surface area (TPSA) is 58.5 Å². The first-order chi connectivity index (χ1) is 16.7. The molecule has 182 valence electrons. The summed E-state index contributed by atoms with van der Waals surface area (Å²) >= 11 is 1.84. The first kappa shape index (κ1) is 24.9. The number of aromatic nitrogens is 2. The van der Waals surface area contributed by atoms with Crippen molar-refractivity contribution >= 4 is 22.7 Å². The number of nitrogens with zero attached hydrogens (tertiary/aromatic N) is 3. The first-order valence-electron chi connectivity index (χ1n) is 12.1. The predicted molar refractivity (Wildman–Crippen MR) is 136 cm³/mol. The van der Waals surface area contributed by atoms with Crippen LogP contribution >= 0.6 is 11.8 Å². The number of pyridine rings is 2. The fourth-order valence-corrected chi connectivity index (χ4v) is 5.74. The number of ether oxygens (including phenoxy) is 1. The van der Waals surface area contributed by atoms with Crippen LogP contribution in [0.4, 0.5) is 4.39 Å². The van der Waals surface area contributed by atoms with Crippen LogP contribution in [0.3, 0.4) is 0 Å². The molecule has 34 heavy (non-hydrogen) atoms. The maximum Gasteiger partial charge on any atom is 0.126 e. The summed E-state index contributed by atoms with van der Waals surface area (Å²) in [5, 5.41) is 10.8. The molecule has 0 saturated carbocycles. The van der Waals surface area contributed by atoms with Crippen molar-refractivity contribution in [2.45, 2.75) is 36.8 Å². The summed E-state index contributed by atoms with van der Waals surface area (Å²) in [6, 6.07) is 11.4. The highest BCUT2D eigenvalue weighted by atomic mass is 32.2. The largest absolute Gasteiger partial charge is 0.497 e. The number of halogens is 1. The van der Waals surface area contributed by atoms with Gasteiger partial charge >= 0.3 is 0 Å². The minimum absolute atomic E-state index is 0.165. The van der Waals surface area contributed by atoms with Crippen LogP contribution in [-0.2, 0) is 0 Å². The van der Waals surface area contributed by atoms with Crippen LogP contribution in [0.15, 0.2) is 59.9 Å². The van der Waals surface area contributed by atoms with Crippen LogP contribution in [0.5, 0.6) is 5.75 Å². The molecule has 5 nitrogen and oxygen atoms in total. The molecule has 3 heterocycles. The minimum atomic E-state index is -1.06. The Bertz CT molecular complexity index is 1040. The lowest BCUT2D eigenvalue weighted by Gasteiger charge is -2.38. The number of hydrogen-bond acceptors (Lipinski definition) is 6. The van der Waals surface area contributed by atoms with E-state index >= 15 is 4.39 Å². The monoisotopic (exact) mass is 483 g/mol. The van der Waals surface area contributed by atoms with Crippen LogP contribution in [0.2, 0.25) is 0 Å². The molecule has 4 rings (SSSR count). The van der Waals surface area contributed by atoms with Gasteiger partial charge in [0.25, 0.3) is 0 Å². The van der Waals surface area contributed by atoms with Crippen LogP contribution < -0.4 is 4.74 Å². The Morgan fingerprint density at radius 2 is 2.15 bits per heavy atom. The molecule has 3 aromatic rings. The predicted octanol–water partition coefficient (Wildman–Crippen LogP) is 5.54.